The third-order valence-electron chi connectivity index (χ3n) is 2.07. The Labute approximate surface area is 121 Å². The van der Waals surface area contributed by atoms with Crippen molar-refractivity contribution in [1.29, 1.82) is 0 Å². The standard InChI is InChI=1S/C12H8BrIN2O/c13-11-6-8(4-5-15-11)12(17)16-10-3-1-2-9(14)7-10/h1-7H,(H,16,17). The van der Waals surface area contributed by atoms with Crippen LogP contribution in [0, 0.1) is 3.57 Å². The van der Waals surface area contributed by atoms with Crippen molar-refractivity contribution in [3.8, 4) is 0 Å². The number of carbonyl (C=O) groups excluding carboxylic acids is 1. The van der Waals surface area contributed by atoms with E-state index in [-0.39, 0.29) is 5.91 Å². The molecule has 0 aliphatic heterocycles. The largest absolute Gasteiger partial charge is 0.322 e. The Hall–Kier alpha value is -0.950. The summed E-state index contributed by atoms with van der Waals surface area (Å²) in [5.41, 5.74) is 1.36. The monoisotopic (exact) mass is 402 g/mol. The van der Waals surface area contributed by atoms with E-state index in [4.69, 9.17) is 0 Å². The van der Waals surface area contributed by atoms with Crippen LogP contribution in [0.3, 0.4) is 0 Å². The average Bonchev–Trinajstić information content (AvgIpc) is 2.29. The van der Waals surface area contributed by atoms with Crippen LogP contribution in [-0.2, 0) is 0 Å². The van der Waals surface area contributed by atoms with E-state index in [2.05, 4.69) is 48.8 Å². The van der Waals surface area contributed by atoms with Crippen molar-refractivity contribution >= 4 is 50.1 Å². The molecule has 0 saturated carbocycles. The van der Waals surface area contributed by atoms with Crippen molar-refractivity contribution in [3.63, 3.8) is 0 Å². The van der Waals surface area contributed by atoms with Gasteiger partial charge in [-0.25, -0.2) is 4.98 Å². The summed E-state index contributed by atoms with van der Waals surface area (Å²) >= 11 is 5.44. The van der Waals surface area contributed by atoms with Crippen LogP contribution in [0.5, 0.6) is 0 Å². The van der Waals surface area contributed by atoms with Gasteiger partial charge in [0, 0.05) is 21.0 Å². The molecule has 1 amide bonds. The normalized spacial score (nSPS) is 10.0. The molecule has 0 aliphatic carbocycles. The molecule has 1 aromatic carbocycles. The van der Waals surface area contributed by atoms with Crippen LogP contribution >= 0.6 is 38.5 Å². The van der Waals surface area contributed by atoms with E-state index >= 15 is 0 Å². The maximum absolute atomic E-state index is 11.9. The topological polar surface area (TPSA) is 42.0 Å². The highest BCUT2D eigenvalue weighted by Crippen LogP contribution is 2.14. The molecule has 0 radical (unpaired) electrons. The number of amides is 1. The second-order valence-electron chi connectivity index (χ2n) is 3.33. The fraction of sp³-hybridized carbons (Fsp3) is 0. The van der Waals surface area contributed by atoms with Gasteiger partial charge in [0.05, 0.1) is 0 Å². The summed E-state index contributed by atoms with van der Waals surface area (Å²) in [5.74, 6) is -0.143. The maximum Gasteiger partial charge on any atom is 0.255 e. The molecule has 0 aliphatic rings. The Morgan fingerprint density at radius 2 is 2.12 bits per heavy atom. The number of hydrogen-bond acceptors (Lipinski definition) is 2. The van der Waals surface area contributed by atoms with E-state index in [9.17, 15) is 4.79 Å². The average molecular weight is 403 g/mol. The molecule has 17 heavy (non-hydrogen) atoms. The lowest BCUT2D eigenvalue weighted by Crippen LogP contribution is -2.11. The van der Waals surface area contributed by atoms with Gasteiger partial charge in [0.15, 0.2) is 0 Å². The molecular formula is C12H8BrIN2O. The zero-order valence-corrected chi connectivity index (χ0v) is 12.4. The SMILES string of the molecule is O=C(Nc1cccc(I)c1)c1ccnc(Br)c1. The van der Waals surface area contributed by atoms with Gasteiger partial charge in [-0.1, -0.05) is 6.07 Å². The molecule has 0 fully saturated rings. The molecule has 0 spiro atoms. The predicted octanol–water partition coefficient (Wildman–Crippen LogP) is 3.70. The Kier molecular flexibility index (Phi) is 4.11. The van der Waals surface area contributed by atoms with Crippen molar-refractivity contribution in [3.05, 3.63) is 56.3 Å². The molecule has 86 valence electrons. The van der Waals surface area contributed by atoms with Crippen molar-refractivity contribution < 1.29 is 4.79 Å². The zero-order valence-electron chi connectivity index (χ0n) is 8.65. The lowest BCUT2D eigenvalue weighted by atomic mass is 10.2. The van der Waals surface area contributed by atoms with Crippen LogP contribution in [0.4, 0.5) is 5.69 Å². The number of hydrogen-bond donors (Lipinski definition) is 1. The van der Waals surface area contributed by atoms with Crippen molar-refractivity contribution in [2.24, 2.45) is 0 Å². The summed E-state index contributed by atoms with van der Waals surface area (Å²) in [6, 6.07) is 11.0. The zero-order chi connectivity index (χ0) is 12.3. The Morgan fingerprint density at radius 3 is 2.82 bits per heavy atom. The van der Waals surface area contributed by atoms with Gasteiger partial charge in [0.2, 0.25) is 0 Å². The van der Waals surface area contributed by atoms with Crippen LogP contribution in [0.1, 0.15) is 10.4 Å². The van der Waals surface area contributed by atoms with Crippen molar-refractivity contribution in [2.45, 2.75) is 0 Å². The minimum absolute atomic E-state index is 0.143. The van der Waals surface area contributed by atoms with E-state index < -0.39 is 0 Å². The number of rotatable bonds is 2. The van der Waals surface area contributed by atoms with Gasteiger partial charge in [-0.3, -0.25) is 4.79 Å². The molecule has 0 atom stereocenters. The molecule has 0 bridgehead atoms. The molecule has 1 N–H and O–H groups in total. The van der Waals surface area contributed by atoms with E-state index in [0.717, 1.165) is 9.26 Å². The highest BCUT2D eigenvalue weighted by Gasteiger charge is 2.06. The van der Waals surface area contributed by atoms with Crippen LogP contribution in [0.2, 0.25) is 0 Å². The van der Waals surface area contributed by atoms with E-state index in [0.29, 0.717) is 10.2 Å². The second kappa shape index (κ2) is 5.59. The van der Waals surface area contributed by atoms with Gasteiger partial charge >= 0.3 is 0 Å². The summed E-state index contributed by atoms with van der Waals surface area (Å²) in [5, 5.41) is 2.83. The molecule has 5 heteroatoms. The fourth-order valence-electron chi connectivity index (χ4n) is 1.31. The van der Waals surface area contributed by atoms with Gasteiger partial charge in [0.25, 0.3) is 5.91 Å². The van der Waals surface area contributed by atoms with E-state index in [1.807, 2.05) is 24.3 Å². The van der Waals surface area contributed by atoms with Crippen molar-refractivity contribution in [1.82, 2.24) is 4.98 Å². The van der Waals surface area contributed by atoms with Gasteiger partial charge in [-0.15, -0.1) is 0 Å². The minimum Gasteiger partial charge on any atom is -0.322 e. The third kappa shape index (κ3) is 3.50. The summed E-state index contributed by atoms with van der Waals surface area (Å²) in [7, 11) is 0. The van der Waals surface area contributed by atoms with Crippen molar-refractivity contribution in [2.75, 3.05) is 5.32 Å². The first-order valence-electron chi connectivity index (χ1n) is 4.83. The number of aromatic nitrogens is 1. The summed E-state index contributed by atoms with van der Waals surface area (Å²) in [4.78, 5) is 15.9. The van der Waals surface area contributed by atoms with E-state index in [1.165, 1.54) is 0 Å². The third-order valence-corrected chi connectivity index (χ3v) is 3.18. The molecule has 3 nitrogen and oxygen atoms in total. The summed E-state index contributed by atoms with van der Waals surface area (Å²) < 4.78 is 1.73. The molecule has 1 aromatic heterocycles. The predicted molar refractivity (Wildman–Crippen MR) is 79.0 cm³/mol. The Bertz CT molecular complexity index is 560. The molecule has 1 heterocycles. The van der Waals surface area contributed by atoms with Gasteiger partial charge in [0.1, 0.15) is 4.60 Å². The number of nitrogens with zero attached hydrogens (tertiary/aromatic N) is 1. The highest BCUT2D eigenvalue weighted by atomic mass is 127. The van der Waals surface area contributed by atoms with Gasteiger partial charge in [-0.05, 0) is 68.9 Å². The molecule has 2 aromatic rings. The van der Waals surface area contributed by atoms with Crippen LogP contribution < -0.4 is 5.32 Å². The lowest BCUT2D eigenvalue weighted by Gasteiger charge is -2.05. The molecule has 0 saturated heterocycles. The smallest absolute Gasteiger partial charge is 0.255 e. The highest BCUT2D eigenvalue weighted by molar-refractivity contribution is 14.1. The fourth-order valence-corrected chi connectivity index (χ4v) is 2.22. The number of carbonyl (C=O) groups is 1. The summed E-state index contributed by atoms with van der Waals surface area (Å²) in [6.45, 7) is 0. The van der Waals surface area contributed by atoms with Gasteiger partial charge < -0.3 is 5.32 Å². The van der Waals surface area contributed by atoms with E-state index in [1.54, 1.807) is 18.3 Å². The Morgan fingerprint density at radius 1 is 1.29 bits per heavy atom. The minimum atomic E-state index is -0.143. The first kappa shape index (κ1) is 12.5. The number of nitrogens with one attached hydrogen (secondary N) is 1. The van der Waals surface area contributed by atoms with Gasteiger partial charge in [-0.2, -0.15) is 0 Å². The Balaban J connectivity index is 2.17. The lowest BCUT2D eigenvalue weighted by molar-refractivity contribution is 0.102. The van der Waals surface area contributed by atoms with Crippen LogP contribution in [0.15, 0.2) is 47.2 Å². The number of anilines is 1. The van der Waals surface area contributed by atoms with Crippen LogP contribution in [0.25, 0.3) is 0 Å². The number of benzene rings is 1. The maximum atomic E-state index is 11.9. The number of pyridine rings is 1. The first-order valence-corrected chi connectivity index (χ1v) is 6.71. The summed E-state index contributed by atoms with van der Waals surface area (Å²) in [6.07, 6.45) is 1.59. The molecular weight excluding hydrogens is 395 g/mol. The second-order valence-corrected chi connectivity index (χ2v) is 5.39. The molecule has 0 unspecified atom stereocenters. The van der Waals surface area contributed by atoms with Crippen LogP contribution in [-0.4, -0.2) is 10.9 Å². The number of halogens is 2. The first-order chi connectivity index (χ1) is 8.15. The molecule has 2 rings (SSSR count). The quantitative estimate of drug-likeness (QED) is 0.614.